The maximum absolute atomic E-state index is 12.6. The molecule has 0 bridgehead atoms. The molecule has 1 saturated heterocycles. The maximum atomic E-state index is 12.6. The van der Waals surface area contributed by atoms with E-state index < -0.39 is 0 Å². The van der Waals surface area contributed by atoms with Gasteiger partial charge in [-0.25, -0.2) is 0 Å². The van der Waals surface area contributed by atoms with Crippen LogP contribution < -0.4 is 20.1 Å². The van der Waals surface area contributed by atoms with Gasteiger partial charge in [-0.1, -0.05) is 24.3 Å². The zero-order chi connectivity index (χ0) is 20.1. The smallest absolute Gasteiger partial charge is 0.241 e. The molecular weight excluding hydrogens is 366 g/mol. The number of nitrogens with one attached hydrogen (secondary N) is 2. The van der Waals surface area contributed by atoms with Crippen LogP contribution in [0.15, 0.2) is 42.5 Å². The Bertz CT molecular complexity index is 849. The van der Waals surface area contributed by atoms with Crippen molar-refractivity contribution in [1.29, 1.82) is 0 Å². The van der Waals surface area contributed by atoms with Crippen LogP contribution in [0.1, 0.15) is 30.9 Å². The third-order valence-electron chi connectivity index (χ3n) is 5.51. The molecule has 0 aliphatic carbocycles. The Balaban J connectivity index is 1.32. The van der Waals surface area contributed by atoms with Gasteiger partial charge in [-0.2, -0.15) is 0 Å². The highest BCUT2D eigenvalue weighted by molar-refractivity contribution is 5.94. The first-order valence-electron chi connectivity index (χ1n) is 10.4. The molecule has 2 aliphatic heterocycles. The quantitative estimate of drug-likeness (QED) is 0.754. The first-order chi connectivity index (χ1) is 14.2. The average Bonchev–Trinajstić information content (AvgIpc) is 3.26. The minimum atomic E-state index is -0.317. The van der Waals surface area contributed by atoms with Crippen LogP contribution in [0.25, 0.3) is 0 Å². The van der Waals surface area contributed by atoms with Gasteiger partial charge in [0.2, 0.25) is 5.91 Å². The summed E-state index contributed by atoms with van der Waals surface area (Å²) < 4.78 is 11.1. The van der Waals surface area contributed by atoms with Gasteiger partial charge in [0.25, 0.3) is 0 Å². The van der Waals surface area contributed by atoms with Crippen molar-refractivity contribution in [2.75, 3.05) is 31.6 Å². The minimum absolute atomic E-state index is 0.0706. The largest absolute Gasteiger partial charge is 0.486 e. The topological polar surface area (TPSA) is 62.8 Å². The third kappa shape index (κ3) is 5.08. The van der Waals surface area contributed by atoms with E-state index in [2.05, 4.69) is 39.8 Å². The van der Waals surface area contributed by atoms with E-state index in [0.717, 1.165) is 12.3 Å². The van der Waals surface area contributed by atoms with E-state index in [-0.39, 0.29) is 11.9 Å². The third-order valence-corrected chi connectivity index (χ3v) is 5.51. The Kier molecular flexibility index (Phi) is 6.32. The molecule has 1 atom stereocenters. The van der Waals surface area contributed by atoms with Crippen molar-refractivity contribution >= 4 is 11.6 Å². The van der Waals surface area contributed by atoms with Gasteiger partial charge in [0, 0.05) is 24.8 Å². The summed E-state index contributed by atoms with van der Waals surface area (Å²) in [7, 11) is 0. The number of fused-ring (bicyclic) bond motifs is 1. The maximum Gasteiger partial charge on any atom is 0.241 e. The first kappa shape index (κ1) is 19.7. The van der Waals surface area contributed by atoms with Crippen LogP contribution in [-0.4, -0.2) is 43.2 Å². The summed E-state index contributed by atoms with van der Waals surface area (Å²) in [5.74, 6) is 1.32. The molecule has 6 nitrogen and oxygen atoms in total. The zero-order valence-electron chi connectivity index (χ0n) is 16.9. The van der Waals surface area contributed by atoms with Crippen molar-refractivity contribution in [3.63, 3.8) is 0 Å². The predicted molar refractivity (Wildman–Crippen MR) is 113 cm³/mol. The van der Waals surface area contributed by atoms with Gasteiger partial charge in [0.1, 0.15) is 13.2 Å². The van der Waals surface area contributed by atoms with Gasteiger partial charge in [-0.3, -0.25) is 9.69 Å². The molecule has 6 heteroatoms. The standard InChI is InChI=1S/C23H29N3O3/c1-17(23(27)25-20-8-9-21-22(14-20)29-13-12-28-21)24-15-18-6-2-3-7-19(18)16-26-10-4-5-11-26/h2-3,6-9,14,17,24H,4-5,10-13,15-16H2,1H3,(H,25,27). The van der Waals surface area contributed by atoms with Gasteiger partial charge >= 0.3 is 0 Å². The molecule has 2 heterocycles. The fourth-order valence-corrected chi connectivity index (χ4v) is 3.79. The Morgan fingerprint density at radius 1 is 1.03 bits per heavy atom. The molecule has 0 radical (unpaired) electrons. The predicted octanol–water partition coefficient (Wildman–Crippen LogP) is 3.17. The number of ether oxygens (including phenoxy) is 2. The SMILES string of the molecule is CC(NCc1ccccc1CN1CCCC1)C(=O)Nc1ccc2c(c1)OCCO2. The highest BCUT2D eigenvalue weighted by atomic mass is 16.6. The molecular formula is C23H29N3O3. The second-order valence-electron chi connectivity index (χ2n) is 7.70. The van der Waals surface area contributed by atoms with E-state index in [4.69, 9.17) is 9.47 Å². The van der Waals surface area contributed by atoms with Crippen molar-refractivity contribution in [3.8, 4) is 11.5 Å². The monoisotopic (exact) mass is 395 g/mol. The number of anilines is 1. The molecule has 2 aromatic rings. The molecule has 0 spiro atoms. The van der Waals surface area contributed by atoms with Crippen molar-refractivity contribution in [2.24, 2.45) is 0 Å². The Hall–Kier alpha value is -2.57. The molecule has 29 heavy (non-hydrogen) atoms. The van der Waals surface area contributed by atoms with E-state index in [9.17, 15) is 4.79 Å². The van der Waals surface area contributed by atoms with E-state index in [1.807, 2.05) is 25.1 Å². The number of rotatable bonds is 7. The number of carbonyl (C=O) groups is 1. The number of nitrogens with zero attached hydrogens (tertiary/aromatic N) is 1. The Morgan fingerprint density at radius 3 is 2.55 bits per heavy atom. The molecule has 2 N–H and O–H groups in total. The van der Waals surface area contributed by atoms with E-state index in [1.54, 1.807) is 0 Å². The lowest BCUT2D eigenvalue weighted by Crippen LogP contribution is -2.38. The summed E-state index contributed by atoms with van der Waals surface area (Å²) in [6.45, 7) is 6.97. The lowest BCUT2D eigenvalue weighted by molar-refractivity contribution is -0.117. The number of amides is 1. The van der Waals surface area contributed by atoms with Crippen molar-refractivity contribution in [1.82, 2.24) is 10.2 Å². The van der Waals surface area contributed by atoms with Crippen LogP contribution in [0.5, 0.6) is 11.5 Å². The fourth-order valence-electron chi connectivity index (χ4n) is 3.79. The van der Waals surface area contributed by atoms with E-state index in [1.165, 1.54) is 37.1 Å². The Morgan fingerprint density at radius 2 is 1.76 bits per heavy atom. The molecule has 1 fully saturated rings. The van der Waals surface area contributed by atoms with E-state index in [0.29, 0.717) is 31.2 Å². The van der Waals surface area contributed by atoms with Gasteiger partial charge in [-0.05, 0) is 56.1 Å². The molecule has 4 rings (SSSR count). The molecule has 2 aliphatic rings. The number of hydrogen-bond donors (Lipinski definition) is 2. The van der Waals surface area contributed by atoms with Crippen LogP contribution in [0, 0.1) is 0 Å². The number of likely N-dealkylation sites (tertiary alicyclic amines) is 1. The molecule has 1 amide bonds. The number of benzene rings is 2. The van der Waals surface area contributed by atoms with Gasteiger partial charge in [-0.15, -0.1) is 0 Å². The van der Waals surface area contributed by atoms with E-state index >= 15 is 0 Å². The summed E-state index contributed by atoms with van der Waals surface area (Å²) in [4.78, 5) is 15.1. The Labute approximate surface area is 172 Å². The van der Waals surface area contributed by atoms with Crippen LogP contribution in [-0.2, 0) is 17.9 Å². The molecule has 1 unspecified atom stereocenters. The summed E-state index contributed by atoms with van der Waals surface area (Å²) in [6.07, 6.45) is 2.58. The highest BCUT2D eigenvalue weighted by Gasteiger charge is 2.17. The second-order valence-corrected chi connectivity index (χ2v) is 7.70. The summed E-state index contributed by atoms with van der Waals surface area (Å²) >= 11 is 0. The molecule has 0 aromatic heterocycles. The van der Waals surface area contributed by atoms with Crippen LogP contribution in [0.2, 0.25) is 0 Å². The van der Waals surface area contributed by atoms with Crippen molar-refractivity contribution in [3.05, 3.63) is 53.6 Å². The average molecular weight is 396 g/mol. The fraction of sp³-hybridized carbons (Fsp3) is 0.435. The van der Waals surface area contributed by atoms with Crippen LogP contribution in [0.4, 0.5) is 5.69 Å². The van der Waals surface area contributed by atoms with Gasteiger partial charge < -0.3 is 20.1 Å². The lowest BCUT2D eigenvalue weighted by atomic mass is 10.1. The van der Waals surface area contributed by atoms with Gasteiger partial charge in [0.05, 0.1) is 6.04 Å². The first-order valence-corrected chi connectivity index (χ1v) is 10.4. The van der Waals surface area contributed by atoms with Crippen molar-refractivity contribution < 1.29 is 14.3 Å². The van der Waals surface area contributed by atoms with Crippen LogP contribution in [0.3, 0.4) is 0 Å². The molecule has 2 aromatic carbocycles. The number of hydrogen-bond acceptors (Lipinski definition) is 5. The summed E-state index contributed by atoms with van der Waals surface area (Å²) in [5.41, 5.74) is 3.29. The summed E-state index contributed by atoms with van der Waals surface area (Å²) in [6, 6.07) is 13.6. The lowest BCUT2D eigenvalue weighted by Gasteiger charge is -2.20. The van der Waals surface area contributed by atoms with Crippen LogP contribution >= 0.6 is 0 Å². The molecule has 154 valence electrons. The summed E-state index contributed by atoms with van der Waals surface area (Å²) in [5, 5.41) is 6.32. The zero-order valence-corrected chi connectivity index (χ0v) is 16.9. The van der Waals surface area contributed by atoms with Gasteiger partial charge in [0.15, 0.2) is 11.5 Å². The number of carbonyl (C=O) groups excluding carboxylic acids is 1. The normalized spacial score (nSPS) is 17.1. The second kappa shape index (κ2) is 9.29. The van der Waals surface area contributed by atoms with Crippen molar-refractivity contribution in [2.45, 2.75) is 38.9 Å². The highest BCUT2D eigenvalue weighted by Crippen LogP contribution is 2.32. The molecule has 0 saturated carbocycles. The minimum Gasteiger partial charge on any atom is -0.486 e.